The molecular weight excluding hydrogens is 358 g/mol. The Balaban J connectivity index is 1.46. The number of carbonyl (C=O) groups is 1. The molecule has 0 radical (unpaired) electrons. The quantitative estimate of drug-likeness (QED) is 0.735. The van der Waals surface area contributed by atoms with Crippen LogP contribution in [0, 0.1) is 5.92 Å². The number of hydrogen-bond acceptors (Lipinski definition) is 6. The summed E-state index contributed by atoms with van der Waals surface area (Å²) in [6, 6.07) is 7.93. The van der Waals surface area contributed by atoms with Crippen LogP contribution in [0.3, 0.4) is 0 Å². The number of pyridine rings is 1. The van der Waals surface area contributed by atoms with Gasteiger partial charge in [-0.25, -0.2) is 9.97 Å². The number of carbonyl (C=O) groups excluding carboxylic acids is 1. The number of thiophene rings is 1. The molecule has 1 saturated heterocycles. The maximum Gasteiger partial charge on any atom is 0.225 e. The maximum absolute atomic E-state index is 12.7. The van der Waals surface area contributed by atoms with Gasteiger partial charge in [0, 0.05) is 24.2 Å². The van der Waals surface area contributed by atoms with E-state index in [1.54, 1.807) is 23.9 Å². The number of amides is 1. The fourth-order valence-electron chi connectivity index (χ4n) is 3.53. The molecule has 0 aromatic carbocycles. The van der Waals surface area contributed by atoms with Gasteiger partial charge in [-0.3, -0.25) is 9.78 Å². The van der Waals surface area contributed by atoms with Gasteiger partial charge in [-0.05, 0) is 37.5 Å². The van der Waals surface area contributed by atoms with Crippen LogP contribution < -0.4 is 10.2 Å². The fourth-order valence-corrected chi connectivity index (χ4v) is 4.46. The zero-order valence-electron chi connectivity index (χ0n) is 15.4. The molecule has 1 aliphatic heterocycles. The topological polar surface area (TPSA) is 71.0 Å². The Bertz CT molecular complexity index is 927. The van der Waals surface area contributed by atoms with Gasteiger partial charge < -0.3 is 10.2 Å². The van der Waals surface area contributed by atoms with Crippen molar-refractivity contribution in [3.05, 3.63) is 47.4 Å². The Morgan fingerprint density at radius 3 is 3.07 bits per heavy atom. The van der Waals surface area contributed by atoms with Gasteiger partial charge >= 0.3 is 0 Å². The summed E-state index contributed by atoms with van der Waals surface area (Å²) in [7, 11) is 0. The first-order chi connectivity index (χ1) is 13.2. The standard InChI is InChI=1S/C20H23N5OS/c1-2-16-10-17-18(23-13-24-20(17)27-16)25-9-5-6-14(12-25)19(26)22-11-15-7-3-4-8-21-15/h3-4,7-8,10,13-14H,2,5-6,9,11-12H2,1H3,(H,22,26)/t14-/m1/s1. The van der Waals surface area contributed by atoms with E-state index < -0.39 is 0 Å². The summed E-state index contributed by atoms with van der Waals surface area (Å²) >= 11 is 1.72. The second kappa shape index (κ2) is 8.00. The van der Waals surface area contributed by atoms with Gasteiger partial charge in [-0.1, -0.05) is 13.0 Å². The lowest BCUT2D eigenvalue weighted by Gasteiger charge is -2.33. The molecule has 140 valence electrons. The average molecular weight is 382 g/mol. The fraction of sp³-hybridized carbons (Fsp3) is 0.400. The minimum atomic E-state index is -0.0308. The van der Waals surface area contributed by atoms with Crippen molar-refractivity contribution in [3.63, 3.8) is 0 Å². The second-order valence-corrected chi connectivity index (χ2v) is 7.92. The van der Waals surface area contributed by atoms with Crippen molar-refractivity contribution < 1.29 is 4.79 Å². The predicted octanol–water partition coefficient (Wildman–Crippen LogP) is 3.18. The highest BCUT2D eigenvalue weighted by molar-refractivity contribution is 7.18. The molecule has 0 bridgehead atoms. The highest BCUT2D eigenvalue weighted by atomic mass is 32.1. The van der Waals surface area contributed by atoms with E-state index in [2.05, 4.69) is 38.2 Å². The Morgan fingerprint density at radius 1 is 1.33 bits per heavy atom. The van der Waals surface area contributed by atoms with Crippen LogP contribution in [0.25, 0.3) is 10.2 Å². The number of aryl methyl sites for hydroxylation is 1. The van der Waals surface area contributed by atoms with Gasteiger partial charge in [0.2, 0.25) is 5.91 Å². The molecule has 4 heterocycles. The molecule has 3 aromatic heterocycles. The Morgan fingerprint density at radius 2 is 2.26 bits per heavy atom. The minimum absolute atomic E-state index is 0.0308. The smallest absolute Gasteiger partial charge is 0.225 e. The second-order valence-electron chi connectivity index (χ2n) is 6.81. The minimum Gasteiger partial charge on any atom is -0.355 e. The van der Waals surface area contributed by atoms with E-state index in [0.29, 0.717) is 13.1 Å². The molecule has 1 fully saturated rings. The summed E-state index contributed by atoms with van der Waals surface area (Å²) in [6.45, 7) is 4.24. The molecule has 0 unspecified atom stereocenters. The molecule has 1 aliphatic rings. The van der Waals surface area contributed by atoms with Crippen molar-refractivity contribution in [3.8, 4) is 0 Å². The lowest BCUT2D eigenvalue weighted by molar-refractivity contribution is -0.125. The van der Waals surface area contributed by atoms with E-state index in [1.807, 2.05) is 18.2 Å². The summed E-state index contributed by atoms with van der Waals surface area (Å²) in [4.78, 5) is 30.5. The van der Waals surface area contributed by atoms with Crippen molar-refractivity contribution >= 4 is 33.3 Å². The van der Waals surface area contributed by atoms with Crippen molar-refractivity contribution in [2.24, 2.45) is 5.92 Å². The first kappa shape index (κ1) is 17.9. The van der Waals surface area contributed by atoms with Crippen molar-refractivity contribution in [2.75, 3.05) is 18.0 Å². The van der Waals surface area contributed by atoms with Crippen LogP contribution >= 0.6 is 11.3 Å². The number of hydrogen-bond donors (Lipinski definition) is 1. The van der Waals surface area contributed by atoms with Crippen molar-refractivity contribution in [1.82, 2.24) is 20.3 Å². The number of nitrogens with one attached hydrogen (secondary N) is 1. The first-order valence-corrected chi connectivity index (χ1v) is 10.2. The number of piperidine rings is 1. The lowest BCUT2D eigenvalue weighted by Crippen LogP contribution is -2.43. The summed E-state index contributed by atoms with van der Waals surface area (Å²) in [5, 5.41) is 4.14. The van der Waals surface area contributed by atoms with E-state index in [-0.39, 0.29) is 11.8 Å². The third-order valence-corrected chi connectivity index (χ3v) is 6.16. The molecule has 1 N–H and O–H groups in total. The van der Waals surface area contributed by atoms with Gasteiger partial charge in [-0.15, -0.1) is 11.3 Å². The largest absolute Gasteiger partial charge is 0.355 e. The Labute approximate surface area is 162 Å². The van der Waals surface area contributed by atoms with Crippen LogP contribution in [0.5, 0.6) is 0 Å². The molecule has 7 heteroatoms. The monoisotopic (exact) mass is 381 g/mol. The van der Waals surface area contributed by atoms with Gasteiger partial charge in [0.05, 0.1) is 23.5 Å². The summed E-state index contributed by atoms with van der Waals surface area (Å²) in [5.74, 6) is 1.02. The van der Waals surface area contributed by atoms with E-state index in [0.717, 1.165) is 47.5 Å². The van der Waals surface area contributed by atoms with Gasteiger partial charge in [0.25, 0.3) is 0 Å². The predicted molar refractivity (Wildman–Crippen MR) is 108 cm³/mol. The van der Waals surface area contributed by atoms with Crippen LogP contribution in [0.2, 0.25) is 0 Å². The SMILES string of the molecule is CCc1cc2c(N3CCC[C@@H](C(=O)NCc4ccccn4)C3)ncnc2s1. The molecule has 0 aliphatic carbocycles. The summed E-state index contributed by atoms with van der Waals surface area (Å²) in [6.07, 6.45) is 6.27. The molecule has 0 spiro atoms. The number of rotatable bonds is 5. The van der Waals surface area contributed by atoms with E-state index in [9.17, 15) is 4.79 Å². The van der Waals surface area contributed by atoms with Gasteiger partial charge in [-0.2, -0.15) is 0 Å². The molecule has 1 amide bonds. The highest BCUT2D eigenvalue weighted by Crippen LogP contribution is 2.32. The molecule has 6 nitrogen and oxygen atoms in total. The third-order valence-electron chi connectivity index (χ3n) is 4.97. The Hall–Kier alpha value is -2.54. The summed E-state index contributed by atoms with van der Waals surface area (Å²) < 4.78 is 0. The first-order valence-electron chi connectivity index (χ1n) is 9.40. The molecule has 3 aromatic rings. The van der Waals surface area contributed by atoms with Crippen LogP contribution in [-0.2, 0) is 17.8 Å². The number of nitrogens with zero attached hydrogens (tertiary/aromatic N) is 4. The summed E-state index contributed by atoms with van der Waals surface area (Å²) in [5.41, 5.74) is 0.876. The van der Waals surface area contributed by atoms with Crippen LogP contribution in [0.15, 0.2) is 36.8 Å². The molecule has 27 heavy (non-hydrogen) atoms. The Kier molecular flexibility index (Phi) is 5.29. The lowest BCUT2D eigenvalue weighted by atomic mass is 9.97. The van der Waals surface area contributed by atoms with Crippen LogP contribution in [0.4, 0.5) is 5.82 Å². The van der Waals surface area contributed by atoms with Crippen LogP contribution in [0.1, 0.15) is 30.3 Å². The van der Waals surface area contributed by atoms with Gasteiger partial charge in [0.15, 0.2) is 0 Å². The number of fused-ring (bicyclic) bond motifs is 1. The van der Waals surface area contributed by atoms with Crippen molar-refractivity contribution in [1.29, 1.82) is 0 Å². The average Bonchev–Trinajstić information content (AvgIpc) is 3.16. The number of aromatic nitrogens is 3. The van der Waals surface area contributed by atoms with Crippen LogP contribution in [-0.4, -0.2) is 33.9 Å². The number of anilines is 1. The molecule has 0 saturated carbocycles. The van der Waals surface area contributed by atoms with E-state index >= 15 is 0 Å². The molecule has 4 rings (SSSR count). The molecular formula is C20H23N5OS. The van der Waals surface area contributed by atoms with E-state index in [1.165, 1.54) is 4.88 Å². The zero-order valence-corrected chi connectivity index (χ0v) is 16.2. The maximum atomic E-state index is 12.7. The molecule has 1 atom stereocenters. The van der Waals surface area contributed by atoms with Gasteiger partial charge in [0.1, 0.15) is 17.0 Å². The van der Waals surface area contributed by atoms with E-state index in [4.69, 9.17) is 0 Å². The normalized spacial score (nSPS) is 17.2. The van der Waals surface area contributed by atoms with Crippen molar-refractivity contribution in [2.45, 2.75) is 32.7 Å². The third kappa shape index (κ3) is 3.93. The highest BCUT2D eigenvalue weighted by Gasteiger charge is 2.27. The zero-order chi connectivity index (χ0) is 18.6.